The maximum absolute atomic E-state index is 5.37. The number of aromatic nitrogens is 2. The smallest absolute Gasteiger partial charge is 0.0591 e. The molecule has 1 heterocycles. The summed E-state index contributed by atoms with van der Waals surface area (Å²) in [5.41, 5.74) is 2.33. The fraction of sp³-hybridized carbons (Fsp3) is 0.545. The second-order valence-corrected chi connectivity index (χ2v) is 3.39. The highest BCUT2D eigenvalue weighted by Crippen LogP contribution is 2.00. The SMILES string of the molecule is C=CCCOCCNCc1cn[nH]c1C. The first kappa shape index (κ1) is 11.9. The zero-order chi connectivity index (χ0) is 10.9. The lowest BCUT2D eigenvalue weighted by Gasteiger charge is -2.04. The molecule has 0 atom stereocenters. The Labute approximate surface area is 90.7 Å². The normalized spacial score (nSPS) is 10.5. The standard InChI is InChI=1S/C11H19N3O/c1-3-4-6-15-7-5-12-8-11-9-13-14-10(11)2/h3,9,12H,1,4-8H2,2H3,(H,13,14). The van der Waals surface area contributed by atoms with Gasteiger partial charge in [-0.15, -0.1) is 6.58 Å². The number of aryl methyl sites for hydroxylation is 1. The van der Waals surface area contributed by atoms with Crippen LogP contribution in [0.25, 0.3) is 0 Å². The molecule has 0 aromatic carbocycles. The highest BCUT2D eigenvalue weighted by atomic mass is 16.5. The van der Waals surface area contributed by atoms with Crippen molar-refractivity contribution in [1.82, 2.24) is 15.5 Å². The van der Waals surface area contributed by atoms with Crippen molar-refractivity contribution in [3.8, 4) is 0 Å². The molecule has 4 nitrogen and oxygen atoms in total. The summed E-state index contributed by atoms with van der Waals surface area (Å²) in [6.07, 6.45) is 4.63. The largest absolute Gasteiger partial charge is 0.380 e. The quantitative estimate of drug-likeness (QED) is 0.502. The predicted molar refractivity (Wildman–Crippen MR) is 60.7 cm³/mol. The molecule has 0 aliphatic heterocycles. The van der Waals surface area contributed by atoms with Gasteiger partial charge in [-0.05, 0) is 13.3 Å². The van der Waals surface area contributed by atoms with Crippen molar-refractivity contribution in [2.45, 2.75) is 19.9 Å². The average molecular weight is 209 g/mol. The Morgan fingerprint density at radius 3 is 3.13 bits per heavy atom. The van der Waals surface area contributed by atoms with E-state index in [2.05, 4.69) is 22.1 Å². The van der Waals surface area contributed by atoms with E-state index in [9.17, 15) is 0 Å². The summed E-state index contributed by atoms with van der Waals surface area (Å²) in [4.78, 5) is 0. The summed E-state index contributed by atoms with van der Waals surface area (Å²) in [5, 5.41) is 10.2. The maximum Gasteiger partial charge on any atom is 0.0591 e. The first-order valence-electron chi connectivity index (χ1n) is 5.22. The van der Waals surface area contributed by atoms with Crippen LogP contribution in [0.15, 0.2) is 18.9 Å². The molecule has 0 bridgehead atoms. The second kappa shape index (κ2) is 7.20. The van der Waals surface area contributed by atoms with E-state index in [-0.39, 0.29) is 0 Å². The molecule has 0 fully saturated rings. The van der Waals surface area contributed by atoms with E-state index in [0.717, 1.165) is 38.4 Å². The topological polar surface area (TPSA) is 49.9 Å². The minimum absolute atomic E-state index is 0.741. The summed E-state index contributed by atoms with van der Waals surface area (Å²) in [7, 11) is 0. The van der Waals surface area contributed by atoms with Gasteiger partial charge in [-0.25, -0.2) is 0 Å². The molecule has 2 N–H and O–H groups in total. The van der Waals surface area contributed by atoms with E-state index in [0.29, 0.717) is 0 Å². The second-order valence-electron chi connectivity index (χ2n) is 3.39. The third-order valence-electron chi connectivity index (χ3n) is 2.14. The first-order chi connectivity index (χ1) is 7.34. The van der Waals surface area contributed by atoms with Crippen LogP contribution < -0.4 is 5.32 Å². The van der Waals surface area contributed by atoms with Gasteiger partial charge in [0.25, 0.3) is 0 Å². The van der Waals surface area contributed by atoms with Gasteiger partial charge in [-0.1, -0.05) is 6.08 Å². The van der Waals surface area contributed by atoms with Gasteiger partial charge in [0.2, 0.25) is 0 Å². The molecule has 1 rings (SSSR count). The maximum atomic E-state index is 5.37. The van der Waals surface area contributed by atoms with Crippen LogP contribution in [0, 0.1) is 6.92 Å². The van der Waals surface area contributed by atoms with Crippen molar-refractivity contribution in [3.63, 3.8) is 0 Å². The monoisotopic (exact) mass is 209 g/mol. The number of H-pyrrole nitrogens is 1. The average Bonchev–Trinajstić information content (AvgIpc) is 2.63. The zero-order valence-electron chi connectivity index (χ0n) is 9.25. The summed E-state index contributed by atoms with van der Waals surface area (Å²) >= 11 is 0. The van der Waals surface area contributed by atoms with E-state index in [1.54, 1.807) is 0 Å². The molecule has 0 spiro atoms. The third-order valence-corrected chi connectivity index (χ3v) is 2.14. The first-order valence-corrected chi connectivity index (χ1v) is 5.22. The Kier molecular flexibility index (Phi) is 5.73. The molecule has 15 heavy (non-hydrogen) atoms. The van der Waals surface area contributed by atoms with Crippen LogP contribution in [0.3, 0.4) is 0 Å². The van der Waals surface area contributed by atoms with E-state index in [1.165, 1.54) is 5.56 Å². The van der Waals surface area contributed by atoms with Crippen LogP contribution in [-0.2, 0) is 11.3 Å². The Morgan fingerprint density at radius 2 is 2.47 bits per heavy atom. The Hall–Kier alpha value is -1.13. The fourth-order valence-electron chi connectivity index (χ4n) is 1.19. The number of rotatable bonds is 8. The molecule has 0 unspecified atom stereocenters. The van der Waals surface area contributed by atoms with Crippen LogP contribution >= 0.6 is 0 Å². The molecular weight excluding hydrogens is 190 g/mol. The molecule has 4 heteroatoms. The molecule has 1 aromatic rings. The number of hydrogen-bond donors (Lipinski definition) is 2. The Morgan fingerprint density at radius 1 is 1.60 bits per heavy atom. The van der Waals surface area contributed by atoms with Crippen molar-refractivity contribution in [2.75, 3.05) is 19.8 Å². The van der Waals surface area contributed by atoms with Gasteiger partial charge in [-0.2, -0.15) is 5.10 Å². The summed E-state index contributed by atoms with van der Waals surface area (Å²) in [5.74, 6) is 0. The molecule has 0 amide bonds. The van der Waals surface area contributed by atoms with Gasteiger partial charge in [0.1, 0.15) is 0 Å². The van der Waals surface area contributed by atoms with E-state index >= 15 is 0 Å². The van der Waals surface area contributed by atoms with E-state index in [4.69, 9.17) is 4.74 Å². The minimum atomic E-state index is 0.741. The number of ether oxygens (including phenoxy) is 1. The van der Waals surface area contributed by atoms with Crippen LogP contribution in [0.4, 0.5) is 0 Å². The Balaban J connectivity index is 1.98. The van der Waals surface area contributed by atoms with E-state index in [1.807, 2.05) is 19.2 Å². The summed E-state index contributed by atoms with van der Waals surface area (Å²) in [6, 6.07) is 0. The third kappa shape index (κ3) is 4.76. The van der Waals surface area contributed by atoms with Crippen molar-refractivity contribution < 1.29 is 4.74 Å². The van der Waals surface area contributed by atoms with Crippen LogP contribution in [0.1, 0.15) is 17.7 Å². The van der Waals surface area contributed by atoms with Crippen molar-refractivity contribution in [2.24, 2.45) is 0 Å². The van der Waals surface area contributed by atoms with E-state index < -0.39 is 0 Å². The van der Waals surface area contributed by atoms with Crippen LogP contribution in [0.5, 0.6) is 0 Å². The summed E-state index contributed by atoms with van der Waals surface area (Å²) in [6.45, 7) is 8.85. The summed E-state index contributed by atoms with van der Waals surface area (Å²) < 4.78 is 5.37. The molecule has 0 radical (unpaired) electrons. The van der Waals surface area contributed by atoms with Gasteiger partial charge < -0.3 is 10.1 Å². The van der Waals surface area contributed by atoms with Gasteiger partial charge in [0, 0.05) is 24.3 Å². The molecular formula is C11H19N3O. The van der Waals surface area contributed by atoms with Crippen molar-refractivity contribution in [1.29, 1.82) is 0 Å². The molecule has 0 aliphatic carbocycles. The van der Waals surface area contributed by atoms with Crippen LogP contribution in [0.2, 0.25) is 0 Å². The zero-order valence-corrected chi connectivity index (χ0v) is 9.25. The highest BCUT2D eigenvalue weighted by Gasteiger charge is 1.98. The number of hydrogen-bond acceptors (Lipinski definition) is 3. The van der Waals surface area contributed by atoms with Crippen molar-refractivity contribution in [3.05, 3.63) is 30.1 Å². The lowest BCUT2D eigenvalue weighted by atomic mass is 10.3. The van der Waals surface area contributed by atoms with Gasteiger partial charge in [-0.3, -0.25) is 5.10 Å². The van der Waals surface area contributed by atoms with Gasteiger partial charge in [0.15, 0.2) is 0 Å². The molecule has 84 valence electrons. The van der Waals surface area contributed by atoms with Crippen LogP contribution in [-0.4, -0.2) is 30.0 Å². The number of aromatic amines is 1. The lowest BCUT2D eigenvalue weighted by molar-refractivity contribution is 0.140. The molecule has 0 aliphatic rings. The molecule has 0 saturated heterocycles. The number of nitrogens with zero attached hydrogens (tertiary/aromatic N) is 1. The molecule has 1 aromatic heterocycles. The number of nitrogens with one attached hydrogen (secondary N) is 2. The fourth-order valence-corrected chi connectivity index (χ4v) is 1.19. The van der Waals surface area contributed by atoms with Gasteiger partial charge >= 0.3 is 0 Å². The predicted octanol–water partition coefficient (Wildman–Crippen LogP) is 1.40. The Bertz CT molecular complexity index is 283. The van der Waals surface area contributed by atoms with Crippen molar-refractivity contribution >= 4 is 0 Å². The minimum Gasteiger partial charge on any atom is -0.380 e. The van der Waals surface area contributed by atoms with Gasteiger partial charge in [0.05, 0.1) is 19.4 Å². The lowest BCUT2D eigenvalue weighted by Crippen LogP contribution is -2.19. The molecule has 0 saturated carbocycles. The highest BCUT2D eigenvalue weighted by molar-refractivity contribution is 5.13.